The predicted molar refractivity (Wildman–Crippen MR) is 86.8 cm³/mol. The van der Waals surface area contributed by atoms with Crippen molar-refractivity contribution in [3.63, 3.8) is 0 Å². The smallest absolute Gasteiger partial charge is 0.374 e. The highest BCUT2D eigenvalue weighted by molar-refractivity contribution is 6.32. The second-order valence-electron chi connectivity index (χ2n) is 5.46. The summed E-state index contributed by atoms with van der Waals surface area (Å²) in [5, 5.41) is 14.6. The van der Waals surface area contributed by atoms with E-state index in [4.69, 9.17) is 5.11 Å². The molecule has 3 N–H and O–H groups in total. The maximum absolute atomic E-state index is 10.2. The average molecular weight is 330 g/mol. The SMILES string of the molecule is C1CN2CCN3CCNC(N1)C23.CCO.CCOC(=O)C(C)=O. The van der Waals surface area contributed by atoms with Crippen LogP contribution in [0.1, 0.15) is 20.8 Å². The normalized spacial score (nSPS) is 26.1. The minimum absolute atomic E-state index is 0.250. The van der Waals surface area contributed by atoms with Crippen LogP contribution in [0.15, 0.2) is 0 Å². The van der Waals surface area contributed by atoms with E-state index in [2.05, 4.69) is 25.2 Å². The van der Waals surface area contributed by atoms with Gasteiger partial charge in [0.15, 0.2) is 0 Å². The zero-order valence-corrected chi connectivity index (χ0v) is 14.4. The Bertz CT molecular complexity index is 362. The van der Waals surface area contributed by atoms with Gasteiger partial charge in [-0.2, -0.15) is 0 Å². The van der Waals surface area contributed by atoms with Crippen LogP contribution in [-0.4, -0.2) is 91.5 Å². The Labute approximate surface area is 138 Å². The summed E-state index contributed by atoms with van der Waals surface area (Å²) in [4.78, 5) is 25.4. The zero-order valence-electron chi connectivity index (χ0n) is 14.4. The number of hydrogen-bond acceptors (Lipinski definition) is 8. The molecule has 0 unspecified atom stereocenters. The van der Waals surface area contributed by atoms with Gasteiger partial charge in [0.2, 0.25) is 5.78 Å². The highest BCUT2D eigenvalue weighted by atomic mass is 16.5. The van der Waals surface area contributed by atoms with Crippen LogP contribution in [0.2, 0.25) is 0 Å². The lowest BCUT2D eigenvalue weighted by molar-refractivity contribution is -0.152. The van der Waals surface area contributed by atoms with Gasteiger partial charge in [-0.05, 0) is 13.8 Å². The van der Waals surface area contributed by atoms with Crippen molar-refractivity contribution in [3.8, 4) is 0 Å². The number of ketones is 1. The third-order valence-electron chi connectivity index (χ3n) is 3.81. The Morgan fingerprint density at radius 2 is 1.57 bits per heavy atom. The molecule has 3 heterocycles. The molecule has 3 saturated heterocycles. The van der Waals surface area contributed by atoms with Crippen LogP contribution in [-0.2, 0) is 14.3 Å². The van der Waals surface area contributed by atoms with Crippen LogP contribution in [0.25, 0.3) is 0 Å². The van der Waals surface area contributed by atoms with Crippen molar-refractivity contribution in [1.82, 2.24) is 20.4 Å². The average Bonchev–Trinajstić information content (AvgIpc) is 2.95. The van der Waals surface area contributed by atoms with Gasteiger partial charge in [-0.3, -0.25) is 25.2 Å². The highest BCUT2D eigenvalue weighted by Crippen LogP contribution is 2.20. The minimum Gasteiger partial charge on any atom is -0.460 e. The number of rotatable bonds is 2. The van der Waals surface area contributed by atoms with E-state index in [0.717, 1.165) is 13.1 Å². The van der Waals surface area contributed by atoms with Crippen molar-refractivity contribution in [2.75, 3.05) is 52.5 Å². The molecular formula is C15H30N4O4. The van der Waals surface area contributed by atoms with Gasteiger partial charge in [0.25, 0.3) is 0 Å². The van der Waals surface area contributed by atoms with Crippen LogP contribution in [0.5, 0.6) is 0 Å². The van der Waals surface area contributed by atoms with Gasteiger partial charge in [-0.15, -0.1) is 0 Å². The molecule has 0 spiro atoms. The molecule has 134 valence electrons. The Hall–Kier alpha value is -1.06. The van der Waals surface area contributed by atoms with E-state index in [1.54, 1.807) is 13.8 Å². The molecule has 0 atom stereocenters. The summed E-state index contributed by atoms with van der Waals surface area (Å²) in [7, 11) is 0. The Balaban J connectivity index is 0.000000212. The van der Waals surface area contributed by atoms with Crippen LogP contribution >= 0.6 is 0 Å². The third kappa shape index (κ3) is 6.15. The van der Waals surface area contributed by atoms with E-state index in [-0.39, 0.29) is 13.2 Å². The molecule has 0 amide bonds. The molecule has 0 aromatic rings. The molecule has 0 aromatic carbocycles. The fraction of sp³-hybridized carbons (Fsp3) is 0.867. The number of esters is 1. The highest BCUT2D eigenvalue weighted by Gasteiger charge is 2.41. The van der Waals surface area contributed by atoms with Crippen LogP contribution in [0.4, 0.5) is 0 Å². The molecular weight excluding hydrogens is 300 g/mol. The van der Waals surface area contributed by atoms with Crippen LogP contribution in [0, 0.1) is 0 Å². The predicted octanol–water partition coefficient (Wildman–Crippen LogP) is -1.40. The number of Topliss-reactive ketones (excluding diaryl/α,β-unsaturated/α-hetero) is 1. The van der Waals surface area contributed by atoms with Crippen LogP contribution < -0.4 is 10.6 Å². The summed E-state index contributed by atoms with van der Waals surface area (Å²) in [6.45, 7) is 12.3. The summed E-state index contributed by atoms with van der Waals surface area (Å²) >= 11 is 0. The Kier molecular flexibility index (Phi) is 9.27. The lowest BCUT2D eigenvalue weighted by atomic mass is 10.2. The fourth-order valence-corrected chi connectivity index (χ4v) is 2.91. The monoisotopic (exact) mass is 330 g/mol. The Morgan fingerprint density at radius 3 is 1.91 bits per heavy atom. The number of nitrogens with one attached hydrogen (secondary N) is 2. The molecule has 0 aliphatic carbocycles. The van der Waals surface area contributed by atoms with Crippen LogP contribution in [0.3, 0.4) is 0 Å². The van der Waals surface area contributed by atoms with Gasteiger partial charge in [0.1, 0.15) is 0 Å². The lowest BCUT2D eigenvalue weighted by Gasteiger charge is -2.44. The van der Waals surface area contributed by atoms with Gasteiger partial charge in [0.05, 0.1) is 18.9 Å². The molecule has 8 nitrogen and oxygen atoms in total. The summed E-state index contributed by atoms with van der Waals surface area (Å²) in [5.74, 6) is -1.31. The van der Waals surface area contributed by atoms with Crippen molar-refractivity contribution in [2.45, 2.75) is 33.1 Å². The minimum atomic E-state index is -0.757. The van der Waals surface area contributed by atoms with E-state index in [1.807, 2.05) is 0 Å². The van der Waals surface area contributed by atoms with Gasteiger partial charge in [-0.25, -0.2) is 4.79 Å². The van der Waals surface area contributed by atoms with E-state index < -0.39 is 11.8 Å². The number of hydrogen-bond donors (Lipinski definition) is 3. The second-order valence-corrected chi connectivity index (χ2v) is 5.46. The molecule has 3 aliphatic heterocycles. The standard InChI is InChI=1S/C8H16N4.C5H8O3.C2H6O/c1-3-11-5-6-12-4-2-10-7(9-1)8(11)12;1-3-8-5(7)4(2)6;1-2-3/h7-10H,1-6H2;3H2,1-2H3;3H,2H2,1H3. The van der Waals surface area contributed by atoms with Gasteiger partial charge in [-0.1, -0.05) is 0 Å². The summed E-state index contributed by atoms with van der Waals surface area (Å²) < 4.78 is 4.31. The lowest BCUT2D eigenvalue weighted by Crippen LogP contribution is -2.68. The maximum atomic E-state index is 10.2. The summed E-state index contributed by atoms with van der Waals surface area (Å²) in [5.41, 5.74) is 0. The number of ether oxygens (including phenoxy) is 1. The second kappa shape index (κ2) is 10.7. The van der Waals surface area contributed by atoms with Crippen molar-refractivity contribution in [3.05, 3.63) is 0 Å². The van der Waals surface area contributed by atoms with Gasteiger partial charge < -0.3 is 9.84 Å². The van der Waals surface area contributed by atoms with Gasteiger partial charge >= 0.3 is 5.97 Å². The molecule has 23 heavy (non-hydrogen) atoms. The van der Waals surface area contributed by atoms with E-state index in [0.29, 0.717) is 12.3 Å². The summed E-state index contributed by atoms with van der Waals surface area (Å²) in [6, 6.07) is 0. The van der Waals surface area contributed by atoms with E-state index in [9.17, 15) is 9.59 Å². The molecule has 3 aliphatic rings. The zero-order chi connectivity index (χ0) is 17.2. The number of piperazine rings is 2. The van der Waals surface area contributed by atoms with Crippen molar-refractivity contribution >= 4 is 11.8 Å². The molecule has 3 fully saturated rings. The molecule has 0 aromatic heterocycles. The molecule has 0 saturated carbocycles. The Morgan fingerprint density at radius 1 is 1.09 bits per heavy atom. The van der Waals surface area contributed by atoms with Crippen molar-refractivity contribution < 1.29 is 19.4 Å². The van der Waals surface area contributed by atoms with Crippen molar-refractivity contribution in [1.29, 1.82) is 0 Å². The first kappa shape index (κ1) is 20.0. The fourth-order valence-electron chi connectivity index (χ4n) is 2.91. The first-order valence-corrected chi connectivity index (χ1v) is 8.28. The number of nitrogens with zero attached hydrogens (tertiary/aromatic N) is 2. The third-order valence-corrected chi connectivity index (χ3v) is 3.81. The molecule has 0 bridgehead atoms. The van der Waals surface area contributed by atoms with E-state index in [1.165, 1.54) is 33.1 Å². The van der Waals surface area contributed by atoms with Crippen molar-refractivity contribution in [2.24, 2.45) is 0 Å². The molecule has 0 radical (unpaired) electrons. The number of carbonyl (C=O) groups is 2. The van der Waals surface area contributed by atoms with E-state index >= 15 is 0 Å². The topological polar surface area (TPSA) is 94.1 Å². The maximum Gasteiger partial charge on any atom is 0.374 e. The molecule has 8 heteroatoms. The number of carbonyl (C=O) groups excluding carboxylic acids is 2. The number of aliphatic hydroxyl groups is 1. The largest absolute Gasteiger partial charge is 0.460 e. The van der Waals surface area contributed by atoms with Gasteiger partial charge in [0, 0.05) is 52.8 Å². The first-order chi connectivity index (χ1) is 11.0. The first-order valence-electron chi connectivity index (χ1n) is 8.28. The quantitative estimate of drug-likeness (QED) is 0.420. The molecule has 3 rings (SSSR count). The summed E-state index contributed by atoms with van der Waals surface area (Å²) in [6.07, 6.45) is 1.17. The number of aliphatic hydroxyl groups excluding tert-OH is 1.